The molecule has 1 aromatic carbocycles. The van der Waals surface area contributed by atoms with Gasteiger partial charge < -0.3 is 9.26 Å². The lowest BCUT2D eigenvalue weighted by Gasteiger charge is -2.10. The van der Waals surface area contributed by atoms with Crippen LogP contribution < -0.4 is 4.74 Å². The van der Waals surface area contributed by atoms with Crippen LogP contribution in [0, 0.1) is 19.7 Å². The van der Waals surface area contributed by atoms with Crippen LogP contribution in [0.1, 0.15) is 17.1 Å². The first-order valence-corrected chi connectivity index (χ1v) is 8.43. The topological polar surface area (TPSA) is 99.7 Å². The molecule has 0 aliphatic carbocycles. The van der Waals surface area contributed by atoms with E-state index in [1.165, 1.54) is 12.1 Å². The van der Waals surface area contributed by atoms with Crippen molar-refractivity contribution in [2.45, 2.75) is 20.5 Å². The van der Waals surface area contributed by atoms with Crippen molar-refractivity contribution in [2.75, 3.05) is 0 Å². The first-order valence-electron chi connectivity index (χ1n) is 8.43. The maximum Gasteiger partial charge on any atom is 0.264 e. The average Bonchev–Trinajstić information content (AvgIpc) is 3.19. The molecule has 140 valence electrons. The number of rotatable bonds is 5. The van der Waals surface area contributed by atoms with Crippen molar-refractivity contribution in [3.63, 3.8) is 0 Å². The number of hydrogen-bond acceptors (Lipinski definition) is 8. The van der Waals surface area contributed by atoms with Crippen LogP contribution in [0.15, 0.2) is 47.4 Å². The number of hydrogen-bond donors (Lipinski definition) is 0. The molecule has 28 heavy (non-hydrogen) atoms. The van der Waals surface area contributed by atoms with E-state index in [9.17, 15) is 4.39 Å². The molecule has 0 spiro atoms. The maximum atomic E-state index is 13.4. The van der Waals surface area contributed by atoms with Crippen molar-refractivity contribution in [1.29, 1.82) is 0 Å². The van der Waals surface area contributed by atoms with Crippen molar-refractivity contribution in [3.05, 3.63) is 65.8 Å². The van der Waals surface area contributed by atoms with Crippen molar-refractivity contribution in [1.82, 2.24) is 30.1 Å². The molecule has 0 fully saturated rings. The normalized spacial score (nSPS) is 10.8. The van der Waals surface area contributed by atoms with Gasteiger partial charge in [-0.05, 0) is 26.0 Å². The molecule has 0 N–H and O–H groups in total. The molecule has 0 aliphatic rings. The van der Waals surface area contributed by atoms with E-state index >= 15 is 0 Å². The fourth-order valence-corrected chi connectivity index (χ4v) is 2.46. The van der Waals surface area contributed by atoms with Gasteiger partial charge in [0.05, 0.1) is 6.20 Å². The Balaban J connectivity index is 1.55. The Morgan fingerprint density at radius 3 is 2.75 bits per heavy atom. The molecule has 9 heteroatoms. The highest BCUT2D eigenvalue weighted by Crippen LogP contribution is 2.23. The highest BCUT2D eigenvalue weighted by Gasteiger charge is 2.14. The summed E-state index contributed by atoms with van der Waals surface area (Å²) in [6, 6.07) is 5.96. The zero-order chi connectivity index (χ0) is 19.5. The molecule has 4 rings (SSSR count). The molecular formula is C19H15FN6O2. The van der Waals surface area contributed by atoms with E-state index in [1.807, 2.05) is 13.8 Å². The van der Waals surface area contributed by atoms with Gasteiger partial charge in [-0.1, -0.05) is 17.3 Å². The minimum atomic E-state index is -0.372. The predicted octanol–water partition coefficient (Wildman–Crippen LogP) is 3.32. The molecule has 0 saturated carbocycles. The Morgan fingerprint density at radius 1 is 1.07 bits per heavy atom. The SMILES string of the molecule is Cc1nc(-c2cnccn2)nc(OCc2nc(-c3cccc(F)c3)no2)c1C. The Labute approximate surface area is 159 Å². The van der Waals surface area contributed by atoms with Gasteiger partial charge in [0.2, 0.25) is 11.7 Å². The van der Waals surface area contributed by atoms with E-state index in [0.717, 1.165) is 11.3 Å². The predicted molar refractivity (Wildman–Crippen MR) is 96.6 cm³/mol. The fourth-order valence-electron chi connectivity index (χ4n) is 2.46. The van der Waals surface area contributed by atoms with Crippen LogP contribution in [0.4, 0.5) is 4.39 Å². The summed E-state index contributed by atoms with van der Waals surface area (Å²) in [7, 11) is 0. The van der Waals surface area contributed by atoms with Gasteiger partial charge in [0.25, 0.3) is 5.89 Å². The lowest BCUT2D eigenvalue weighted by atomic mass is 10.2. The van der Waals surface area contributed by atoms with E-state index in [2.05, 4.69) is 30.1 Å². The van der Waals surface area contributed by atoms with Crippen molar-refractivity contribution >= 4 is 0 Å². The molecule has 4 aromatic rings. The lowest BCUT2D eigenvalue weighted by Crippen LogP contribution is -2.04. The monoisotopic (exact) mass is 378 g/mol. The van der Waals surface area contributed by atoms with Gasteiger partial charge in [-0.25, -0.2) is 14.4 Å². The molecular weight excluding hydrogens is 363 g/mol. The highest BCUT2D eigenvalue weighted by molar-refractivity contribution is 5.54. The molecule has 0 saturated heterocycles. The number of aryl methyl sites for hydroxylation is 1. The summed E-state index contributed by atoms with van der Waals surface area (Å²) >= 11 is 0. The van der Waals surface area contributed by atoms with Gasteiger partial charge in [0.15, 0.2) is 12.4 Å². The third kappa shape index (κ3) is 3.68. The zero-order valence-electron chi connectivity index (χ0n) is 15.1. The summed E-state index contributed by atoms with van der Waals surface area (Å²) in [4.78, 5) is 21.3. The third-order valence-corrected chi connectivity index (χ3v) is 4.02. The molecule has 3 heterocycles. The van der Waals surface area contributed by atoms with Crippen LogP contribution in [0.25, 0.3) is 22.9 Å². The molecule has 0 atom stereocenters. The van der Waals surface area contributed by atoms with Crippen molar-refractivity contribution in [2.24, 2.45) is 0 Å². The standard InChI is InChI=1S/C19H15FN6O2/c1-11-12(2)23-18(15-9-21-6-7-22-15)25-19(11)27-10-16-24-17(26-28-16)13-4-3-5-14(20)8-13/h3-9H,10H2,1-2H3. The number of nitrogens with zero attached hydrogens (tertiary/aromatic N) is 6. The Hall–Kier alpha value is -3.75. The van der Waals surface area contributed by atoms with Crippen molar-refractivity contribution in [3.8, 4) is 28.8 Å². The molecule has 0 radical (unpaired) electrons. The zero-order valence-corrected chi connectivity index (χ0v) is 15.1. The molecule has 0 aliphatic heterocycles. The van der Waals surface area contributed by atoms with E-state index in [-0.39, 0.29) is 24.1 Å². The maximum absolute atomic E-state index is 13.4. The molecule has 0 bridgehead atoms. The number of aromatic nitrogens is 6. The van der Waals surface area contributed by atoms with E-state index in [4.69, 9.17) is 9.26 Å². The first-order chi connectivity index (χ1) is 13.6. The minimum Gasteiger partial charge on any atom is -0.467 e. The molecule has 8 nitrogen and oxygen atoms in total. The van der Waals surface area contributed by atoms with E-state index < -0.39 is 0 Å². The largest absolute Gasteiger partial charge is 0.467 e. The second-order valence-electron chi connectivity index (χ2n) is 5.96. The average molecular weight is 378 g/mol. The summed E-state index contributed by atoms with van der Waals surface area (Å²) < 4.78 is 24.3. The van der Waals surface area contributed by atoms with Crippen LogP contribution in [0.5, 0.6) is 5.88 Å². The summed E-state index contributed by atoms with van der Waals surface area (Å²) in [5.74, 6) is 0.962. The molecule has 0 amide bonds. The smallest absolute Gasteiger partial charge is 0.264 e. The van der Waals surface area contributed by atoms with Crippen LogP contribution in [-0.4, -0.2) is 30.1 Å². The number of benzene rings is 1. The second kappa shape index (κ2) is 7.47. The minimum absolute atomic E-state index is 0.0134. The number of halogens is 1. The third-order valence-electron chi connectivity index (χ3n) is 4.02. The van der Waals surface area contributed by atoms with Crippen molar-refractivity contribution < 1.29 is 13.7 Å². The van der Waals surface area contributed by atoms with Crippen LogP contribution in [0.3, 0.4) is 0 Å². The summed E-state index contributed by atoms with van der Waals surface area (Å²) in [6.45, 7) is 3.73. The van der Waals surface area contributed by atoms with Gasteiger partial charge in [0, 0.05) is 29.2 Å². The van der Waals surface area contributed by atoms with Crippen LogP contribution in [-0.2, 0) is 6.61 Å². The van der Waals surface area contributed by atoms with Gasteiger partial charge >= 0.3 is 0 Å². The van der Waals surface area contributed by atoms with E-state index in [0.29, 0.717) is 23.0 Å². The second-order valence-corrected chi connectivity index (χ2v) is 5.96. The number of ether oxygens (including phenoxy) is 1. The molecule has 0 unspecified atom stereocenters. The summed E-state index contributed by atoms with van der Waals surface area (Å²) in [5.41, 5.74) is 2.62. The van der Waals surface area contributed by atoms with Crippen LogP contribution >= 0.6 is 0 Å². The van der Waals surface area contributed by atoms with E-state index in [1.54, 1.807) is 30.7 Å². The quantitative estimate of drug-likeness (QED) is 0.521. The molecule has 3 aromatic heterocycles. The van der Waals surface area contributed by atoms with Gasteiger partial charge in [-0.2, -0.15) is 9.97 Å². The van der Waals surface area contributed by atoms with Crippen LogP contribution in [0.2, 0.25) is 0 Å². The first kappa shape index (κ1) is 17.7. The summed E-state index contributed by atoms with van der Waals surface area (Å²) in [5, 5.41) is 3.86. The fraction of sp³-hybridized carbons (Fsp3) is 0.158. The van der Waals surface area contributed by atoms with Gasteiger partial charge in [-0.3, -0.25) is 4.98 Å². The Morgan fingerprint density at radius 2 is 1.96 bits per heavy atom. The Kier molecular flexibility index (Phi) is 4.71. The lowest BCUT2D eigenvalue weighted by molar-refractivity contribution is 0.234. The van der Waals surface area contributed by atoms with Gasteiger partial charge in [0.1, 0.15) is 11.5 Å². The Bertz CT molecular complexity index is 1120. The summed E-state index contributed by atoms with van der Waals surface area (Å²) in [6.07, 6.45) is 4.73. The highest BCUT2D eigenvalue weighted by atomic mass is 19.1. The van der Waals surface area contributed by atoms with Gasteiger partial charge in [-0.15, -0.1) is 0 Å².